The average molecular weight is 296 g/mol. The molecule has 0 saturated heterocycles. The van der Waals surface area contributed by atoms with Crippen LogP contribution in [0.25, 0.3) is 0 Å². The van der Waals surface area contributed by atoms with Gasteiger partial charge < -0.3 is 5.32 Å². The summed E-state index contributed by atoms with van der Waals surface area (Å²) in [6.45, 7) is 2.73. The van der Waals surface area contributed by atoms with Gasteiger partial charge in [-0.2, -0.15) is 0 Å². The molecule has 0 aliphatic rings. The summed E-state index contributed by atoms with van der Waals surface area (Å²) in [4.78, 5) is 0. The van der Waals surface area contributed by atoms with Crippen molar-refractivity contribution in [3.8, 4) is 0 Å². The van der Waals surface area contributed by atoms with E-state index >= 15 is 0 Å². The molecule has 20 heavy (non-hydrogen) atoms. The van der Waals surface area contributed by atoms with Crippen molar-refractivity contribution in [2.45, 2.75) is 19.4 Å². The molecule has 1 atom stereocenters. The lowest BCUT2D eigenvalue weighted by Crippen LogP contribution is -2.23. The second kappa shape index (κ2) is 6.82. The maximum atomic E-state index is 13.2. The first-order valence-corrected chi connectivity index (χ1v) is 6.90. The predicted molar refractivity (Wildman–Crippen MR) is 77.9 cm³/mol. The number of hydrogen-bond acceptors (Lipinski definition) is 1. The van der Waals surface area contributed by atoms with Crippen molar-refractivity contribution in [3.63, 3.8) is 0 Å². The summed E-state index contributed by atoms with van der Waals surface area (Å²) in [5.41, 5.74) is 1.69. The largest absolute Gasteiger partial charge is 0.310 e. The number of hydrogen-bond donors (Lipinski definition) is 1. The Hall–Kier alpha value is -1.45. The minimum absolute atomic E-state index is 0.0742. The lowest BCUT2D eigenvalue weighted by Gasteiger charge is -2.20. The van der Waals surface area contributed by atoms with Crippen LogP contribution in [0.3, 0.4) is 0 Å². The van der Waals surface area contributed by atoms with Crippen molar-refractivity contribution < 1.29 is 8.78 Å². The Bertz CT molecular complexity index is 586. The molecule has 2 rings (SSSR count). The Morgan fingerprint density at radius 3 is 2.50 bits per heavy atom. The first-order chi connectivity index (χ1) is 9.60. The summed E-state index contributed by atoms with van der Waals surface area (Å²) in [6.07, 6.45) is 0.594. The predicted octanol–water partition coefficient (Wildman–Crippen LogP) is 4.51. The van der Waals surface area contributed by atoms with Gasteiger partial charge in [0.15, 0.2) is 0 Å². The first-order valence-electron chi connectivity index (χ1n) is 6.53. The molecule has 0 saturated carbocycles. The van der Waals surface area contributed by atoms with Crippen LogP contribution in [0.5, 0.6) is 0 Å². The minimum atomic E-state index is -0.361. The lowest BCUT2D eigenvalue weighted by molar-refractivity contribution is 0.544. The molecule has 0 radical (unpaired) electrons. The van der Waals surface area contributed by atoms with Gasteiger partial charge in [0.1, 0.15) is 11.6 Å². The molecule has 0 aromatic heterocycles. The average Bonchev–Trinajstić information content (AvgIpc) is 2.38. The second-order valence-electron chi connectivity index (χ2n) is 4.61. The Kier molecular flexibility index (Phi) is 5.10. The van der Waals surface area contributed by atoms with Crippen molar-refractivity contribution >= 4 is 11.6 Å². The molecular formula is C16H16ClF2N. The SMILES string of the molecule is CCNC(Cc1cccc(F)c1)c1ccc(F)cc1Cl. The molecule has 0 bridgehead atoms. The van der Waals surface area contributed by atoms with Gasteiger partial charge in [0, 0.05) is 11.1 Å². The van der Waals surface area contributed by atoms with Crippen molar-refractivity contribution in [2.24, 2.45) is 0 Å². The third-order valence-corrected chi connectivity index (χ3v) is 3.44. The quantitative estimate of drug-likeness (QED) is 0.855. The number of benzene rings is 2. The Morgan fingerprint density at radius 1 is 1.10 bits per heavy atom. The lowest BCUT2D eigenvalue weighted by atomic mass is 9.98. The molecule has 4 heteroatoms. The van der Waals surface area contributed by atoms with E-state index in [0.717, 1.165) is 17.7 Å². The number of likely N-dealkylation sites (N-methyl/N-ethyl adjacent to an activating group) is 1. The van der Waals surface area contributed by atoms with Crippen LogP contribution in [0.4, 0.5) is 8.78 Å². The van der Waals surface area contributed by atoms with E-state index in [4.69, 9.17) is 11.6 Å². The maximum absolute atomic E-state index is 13.2. The van der Waals surface area contributed by atoms with E-state index in [0.29, 0.717) is 11.4 Å². The van der Waals surface area contributed by atoms with Crippen LogP contribution in [-0.2, 0) is 6.42 Å². The second-order valence-corrected chi connectivity index (χ2v) is 5.02. The summed E-state index contributed by atoms with van der Waals surface area (Å²) in [5, 5.41) is 3.68. The zero-order valence-corrected chi connectivity index (χ0v) is 11.9. The first kappa shape index (κ1) is 14.9. The smallest absolute Gasteiger partial charge is 0.124 e. The molecule has 2 aromatic rings. The van der Waals surface area contributed by atoms with E-state index < -0.39 is 0 Å². The molecule has 0 amide bonds. The van der Waals surface area contributed by atoms with Crippen LogP contribution >= 0.6 is 11.6 Å². The summed E-state index contributed by atoms with van der Waals surface area (Å²) < 4.78 is 26.4. The minimum Gasteiger partial charge on any atom is -0.310 e. The van der Waals surface area contributed by atoms with Crippen LogP contribution < -0.4 is 5.32 Å². The van der Waals surface area contributed by atoms with Gasteiger partial charge in [0.2, 0.25) is 0 Å². The zero-order chi connectivity index (χ0) is 14.5. The van der Waals surface area contributed by atoms with E-state index in [1.54, 1.807) is 12.1 Å². The molecule has 1 nitrogen and oxygen atoms in total. The molecule has 0 aliphatic carbocycles. The summed E-state index contributed by atoms with van der Waals surface area (Å²) in [5.74, 6) is -0.622. The van der Waals surface area contributed by atoms with Gasteiger partial charge in [0.05, 0.1) is 0 Å². The van der Waals surface area contributed by atoms with Crippen molar-refractivity contribution in [1.82, 2.24) is 5.32 Å². The topological polar surface area (TPSA) is 12.0 Å². The van der Waals surface area contributed by atoms with Crippen LogP contribution in [0.15, 0.2) is 42.5 Å². The van der Waals surface area contributed by atoms with E-state index in [2.05, 4.69) is 5.32 Å². The maximum Gasteiger partial charge on any atom is 0.124 e. The molecule has 2 aromatic carbocycles. The summed E-state index contributed by atoms with van der Waals surface area (Å²) >= 11 is 6.10. The van der Waals surface area contributed by atoms with Crippen LogP contribution in [0.2, 0.25) is 5.02 Å². The Morgan fingerprint density at radius 2 is 1.85 bits per heavy atom. The standard InChI is InChI=1S/C16H16ClF2N/c1-2-20-16(9-11-4-3-5-12(18)8-11)14-7-6-13(19)10-15(14)17/h3-8,10,16,20H,2,9H2,1H3. The zero-order valence-electron chi connectivity index (χ0n) is 11.2. The highest BCUT2D eigenvalue weighted by Crippen LogP contribution is 2.26. The number of rotatable bonds is 5. The van der Waals surface area contributed by atoms with Crippen LogP contribution in [0.1, 0.15) is 24.1 Å². The molecule has 0 spiro atoms. The van der Waals surface area contributed by atoms with Crippen LogP contribution in [-0.4, -0.2) is 6.54 Å². The normalized spacial score (nSPS) is 12.4. The van der Waals surface area contributed by atoms with Gasteiger partial charge in [-0.25, -0.2) is 8.78 Å². The fourth-order valence-electron chi connectivity index (χ4n) is 2.22. The van der Waals surface area contributed by atoms with Crippen molar-refractivity contribution in [2.75, 3.05) is 6.54 Å². The molecule has 1 unspecified atom stereocenters. The van der Waals surface area contributed by atoms with Gasteiger partial charge in [-0.1, -0.05) is 36.7 Å². The Balaban J connectivity index is 2.26. The van der Waals surface area contributed by atoms with Gasteiger partial charge >= 0.3 is 0 Å². The van der Waals surface area contributed by atoms with E-state index in [9.17, 15) is 8.78 Å². The summed E-state index contributed by atoms with van der Waals surface area (Å²) in [7, 11) is 0. The number of halogens is 3. The van der Waals surface area contributed by atoms with Gasteiger partial charge in [-0.3, -0.25) is 0 Å². The van der Waals surface area contributed by atoms with E-state index in [-0.39, 0.29) is 17.7 Å². The van der Waals surface area contributed by atoms with Crippen molar-refractivity contribution in [1.29, 1.82) is 0 Å². The Labute approximate surface area is 122 Å². The summed E-state index contributed by atoms with van der Waals surface area (Å²) in [6, 6.07) is 10.7. The molecule has 0 fully saturated rings. The molecule has 0 aliphatic heterocycles. The highest BCUT2D eigenvalue weighted by Gasteiger charge is 2.15. The molecular weight excluding hydrogens is 280 g/mol. The van der Waals surface area contributed by atoms with Crippen LogP contribution in [0, 0.1) is 11.6 Å². The third kappa shape index (κ3) is 3.78. The highest BCUT2D eigenvalue weighted by molar-refractivity contribution is 6.31. The fraction of sp³-hybridized carbons (Fsp3) is 0.250. The van der Waals surface area contributed by atoms with Gasteiger partial charge in [-0.15, -0.1) is 0 Å². The van der Waals surface area contributed by atoms with Crippen molar-refractivity contribution in [3.05, 3.63) is 70.2 Å². The molecule has 0 heterocycles. The van der Waals surface area contributed by atoms with E-state index in [1.807, 2.05) is 13.0 Å². The third-order valence-electron chi connectivity index (χ3n) is 3.12. The molecule has 1 N–H and O–H groups in total. The monoisotopic (exact) mass is 295 g/mol. The fourth-order valence-corrected chi connectivity index (χ4v) is 2.52. The number of nitrogens with one attached hydrogen (secondary N) is 1. The van der Waals surface area contributed by atoms with Gasteiger partial charge in [-0.05, 0) is 48.4 Å². The molecule has 106 valence electrons. The van der Waals surface area contributed by atoms with Gasteiger partial charge in [0.25, 0.3) is 0 Å². The highest BCUT2D eigenvalue weighted by atomic mass is 35.5. The van der Waals surface area contributed by atoms with E-state index in [1.165, 1.54) is 24.3 Å².